The van der Waals surface area contributed by atoms with Crippen molar-refractivity contribution in [1.82, 2.24) is 9.97 Å². The van der Waals surface area contributed by atoms with Gasteiger partial charge in [0.25, 0.3) is 0 Å². The number of hydrogen-bond acceptors (Lipinski definition) is 4. The zero-order chi connectivity index (χ0) is 13.3. The Balaban J connectivity index is 2.40. The molecule has 3 N–H and O–H groups in total. The number of benzene rings is 1. The molecule has 0 spiro atoms. The minimum atomic E-state index is -0.327. The van der Waals surface area contributed by atoms with Gasteiger partial charge in [-0.15, -0.1) is 0 Å². The van der Waals surface area contributed by atoms with Crippen molar-refractivity contribution < 1.29 is 4.39 Å². The lowest BCUT2D eigenvalue weighted by Gasteiger charge is -2.11. The molecule has 0 aliphatic rings. The van der Waals surface area contributed by atoms with Crippen LogP contribution in [0.2, 0.25) is 5.02 Å². The third-order valence-electron chi connectivity index (χ3n) is 2.28. The van der Waals surface area contributed by atoms with Crippen LogP contribution in [0.5, 0.6) is 0 Å². The van der Waals surface area contributed by atoms with Crippen molar-refractivity contribution in [3.05, 3.63) is 39.2 Å². The van der Waals surface area contributed by atoms with Crippen molar-refractivity contribution in [2.24, 2.45) is 0 Å². The molecule has 0 amide bonds. The number of nitrogens with one attached hydrogen (secondary N) is 1. The Morgan fingerprint density at radius 3 is 2.89 bits per heavy atom. The van der Waals surface area contributed by atoms with Crippen LogP contribution < -0.4 is 11.1 Å². The van der Waals surface area contributed by atoms with Crippen LogP contribution in [-0.2, 0) is 0 Å². The molecule has 0 saturated heterocycles. The topological polar surface area (TPSA) is 63.8 Å². The van der Waals surface area contributed by atoms with Crippen LogP contribution in [0.3, 0.4) is 0 Å². The zero-order valence-corrected chi connectivity index (χ0v) is 11.7. The third kappa shape index (κ3) is 2.70. The van der Waals surface area contributed by atoms with Crippen LogP contribution in [0.25, 0.3) is 0 Å². The first-order valence-electron chi connectivity index (χ1n) is 4.98. The predicted molar refractivity (Wildman–Crippen MR) is 73.6 cm³/mol. The largest absolute Gasteiger partial charge is 0.368 e. The highest BCUT2D eigenvalue weighted by atomic mass is 79.9. The summed E-state index contributed by atoms with van der Waals surface area (Å²) in [7, 11) is 0. The van der Waals surface area contributed by atoms with Crippen LogP contribution >= 0.6 is 27.5 Å². The van der Waals surface area contributed by atoms with E-state index in [4.69, 9.17) is 17.3 Å². The van der Waals surface area contributed by atoms with Gasteiger partial charge < -0.3 is 11.1 Å². The van der Waals surface area contributed by atoms with Crippen molar-refractivity contribution in [1.29, 1.82) is 0 Å². The van der Waals surface area contributed by atoms with Crippen LogP contribution in [-0.4, -0.2) is 9.97 Å². The Morgan fingerprint density at radius 1 is 1.44 bits per heavy atom. The summed E-state index contributed by atoms with van der Waals surface area (Å²) in [6.45, 7) is 1.77. The molecule has 0 bridgehead atoms. The molecule has 0 fully saturated rings. The van der Waals surface area contributed by atoms with Crippen molar-refractivity contribution in [2.75, 3.05) is 11.1 Å². The molecule has 0 aliphatic carbocycles. The molecule has 0 saturated carbocycles. The monoisotopic (exact) mass is 330 g/mol. The summed E-state index contributed by atoms with van der Waals surface area (Å²) in [6.07, 6.45) is 1.40. The Hall–Kier alpha value is -1.40. The van der Waals surface area contributed by atoms with Gasteiger partial charge in [-0.2, -0.15) is 4.98 Å². The summed E-state index contributed by atoms with van der Waals surface area (Å²) < 4.78 is 13.7. The maximum absolute atomic E-state index is 13.3. The number of nitrogens with two attached hydrogens (primary N) is 1. The molecule has 1 heterocycles. The van der Waals surface area contributed by atoms with Gasteiger partial charge >= 0.3 is 0 Å². The summed E-state index contributed by atoms with van der Waals surface area (Å²) in [5.41, 5.74) is 6.89. The molecule has 2 rings (SSSR count). The van der Waals surface area contributed by atoms with Crippen molar-refractivity contribution >= 4 is 45.0 Å². The minimum absolute atomic E-state index is 0.112. The number of aromatic nitrogens is 2. The van der Waals surface area contributed by atoms with Gasteiger partial charge in [-0.3, -0.25) is 0 Å². The minimum Gasteiger partial charge on any atom is -0.368 e. The quantitative estimate of drug-likeness (QED) is 0.881. The number of aryl methyl sites for hydroxylation is 1. The molecule has 0 atom stereocenters. The van der Waals surface area contributed by atoms with Gasteiger partial charge in [-0.05, 0) is 40.5 Å². The van der Waals surface area contributed by atoms with Gasteiger partial charge in [0.2, 0.25) is 5.95 Å². The number of halogens is 3. The molecular formula is C11H9BrClFN4. The second-order valence-electron chi connectivity index (χ2n) is 3.63. The van der Waals surface area contributed by atoms with E-state index < -0.39 is 0 Å². The van der Waals surface area contributed by atoms with E-state index in [9.17, 15) is 4.39 Å². The lowest BCUT2D eigenvalue weighted by atomic mass is 10.2. The van der Waals surface area contributed by atoms with Crippen molar-refractivity contribution in [3.63, 3.8) is 0 Å². The van der Waals surface area contributed by atoms with Crippen molar-refractivity contribution in [2.45, 2.75) is 6.92 Å². The fourth-order valence-corrected chi connectivity index (χ4v) is 1.86. The van der Waals surface area contributed by atoms with Gasteiger partial charge in [0.15, 0.2) is 5.82 Å². The van der Waals surface area contributed by atoms with E-state index in [0.29, 0.717) is 21.0 Å². The van der Waals surface area contributed by atoms with Crippen LogP contribution in [0, 0.1) is 12.7 Å². The van der Waals surface area contributed by atoms with E-state index >= 15 is 0 Å². The third-order valence-corrected chi connectivity index (χ3v) is 3.17. The molecule has 1 aromatic carbocycles. The fourth-order valence-electron chi connectivity index (χ4n) is 1.38. The standard InChI is InChI=1S/C11H9BrClFN4/c1-5-2-8(14)6(12)3-9(5)17-10-7(13)4-16-11(15)18-10/h2-4H,1H3,(H3,15,16,17,18). The highest BCUT2D eigenvalue weighted by molar-refractivity contribution is 9.10. The van der Waals surface area contributed by atoms with Gasteiger partial charge in [0.05, 0.1) is 10.7 Å². The number of anilines is 3. The summed E-state index contributed by atoms with van der Waals surface area (Å²) >= 11 is 9.06. The normalized spacial score (nSPS) is 10.4. The van der Waals surface area contributed by atoms with E-state index in [2.05, 4.69) is 31.2 Å². The average Bonchev–Trinajstić information content (AvgIpc) is 2.30. The first kappa shape index (κ1) is 13.0. The summed E-state index contributed by atoms with van der Waals surface area (Å²) in [6, 6.07) is 3.02. The molecule has 2 aromatic rings. The molecule has 0 aliphatic heterocycles. The molecule has 1 aromatic heterocycles. The predicted octanol–water partition coefficient (Wildman–Crippen LogP) is 3.67. The Bertz CT molecular complexity index is 606. The number of hydrogen-bond donors (Lipinski definition) is 2. The second-order valence-corrected chi connectivity index (χ2v) is 4.89. The van der Waals surface area contributed by atoms with Gasteiger partial charge in [0.1, 0.15) is 10.8 Å². The van der Waals surface area contributed by atoms with Gasteiger partial charge in [-0.25, -0.2) is 9.37 Å². The molecule has 94 valence electrons. The summed E-state index contributed by atoms with van der Waals surface area (Å²) in [5, 5.41) is 3.33. The van der Waals surface area contributed by atoms with E-state index in [1.54, 1.807) is 13.0 Å². The molecule has 18 heavy (non-hydrogen) atoms. The molecule has 0 unspecified atom stereocenters. The Morgan fingerprint density at radius 2 is 2.17 bits per heavy atom. The van der Waals surface area contributed by atoms with Crippen LogP contribution in [0.4, 0.5) is 21.8 Å². The van der Waals surface area contributed by atoms with E-state index in [-0.39, 0.29) is 11.8 Å². The lowest BCUT2D eigenvalue weighted by molar-refractivity contribution is 0.620. The van der Waals surface area contributed by atoms with E-state index in [0.717, 1.165) is 5.56 Å². The lowest BCUT2D eigenvalue weighted by Crippen LogP contribution is -2.01. The van der Waals surface area contributed by atoms with Crippen LogP contribution in [0.15, 0.2) is 22.8 Å². The van der Waals surface area contributed by atoms with Crippen molar-refractivity contribution in [3.8, 4) is 0 Å². The highest BCUT2D eigenvalue weighted by Crippen LogP contribution is 2.29. The molecule has 0 radical (unpaired) electrons. The average molecular weight is 332 g/mol. The van der Waals surface area contributed by atoms with Gasteiger partial charge in [0, 0.05) is 5.69 Å². The van der Waals surface area contributed by atoms with E-state index in [1.165, 1.54) is 12.3 Å². The number of rotatable bonds is 2. The Labute approximate surface area is 117 Å². The van der Waals surface area contributed by atoms with E-state index in [1.807, 2.05) is 0 Å². The number of nitrogens with zero attached hydrogens (tertiary/aromatic N) is 2. The smallest absolute Gasteiger partial charge is 0.222 e. The maximum atomic E-state index is 13.3. The Kier molecular flexibility index (Phi) is 3.68. The molecular weight excluding hydrogens is 323 g/mol. The molecule has 4 nitrogen and oxygen atoms in total. The number of nitrogen functional groups attached to an aromatic ring is 1. The highest BCUT2D eigenvalue weighted by Gasteiger charge is 2.09. The fraction of sp³-hybridized carbons (Fsp3) is 0.0909. The zero-order valence-electron chi connectivity index (χ0n) is 9.34. The first-order chi connectivity index (χ1) is 8.47. The van der Waals surface area contributed by atoms with Crippen LogP contribution in [0.1, 0.15) is 5.56 Å². The summed E-state index contributed by atoms with van der Waals surface area (Å²) in [5.74, 6) is 0.165. The second kappa shape index (κ2) is 5.07. The maximum Gasteiger partial charge on any atom is 0.222 e. The SMILES string of the molecule is Cc1cc(F)c(Br)cc1Nc1nc(N)ncc1Cl. The summed E-state index contributed by atoms with van der Waals surface area (Å²) in [4.78, 5) is 7.74. The first-order valence-corrected chi connectivity index (χ1v) is 6.15. The molecule has 7 heteroatoms. The van der Waals surface area contributed by atoms with Gasteiger partial charge in [-0.1, -0.05) is 11.6 Å².